The van der Waals surface area contributed by atoms with Crippen molar-refractivity contribution in [2.24, 2.45) is 5.73 Å². The fraction of sp³-hybridized carbons (Fsp3) is 0.423. The Morgan fingerprint density at radius 2 is 1.85 bits per heavy atom. The van der Waals surface area contributed by atoms with E-state index in [0.717, 1.165) is 0 Å². The van der Waals surface area contributed by atoms with Gasteiger partial charge in [-0.3, -0.25) is 9.59 Å². The predicted octanol–water partition coefficient (Wildman–Crippen LogP) is 2.44. The lowest BCUT2D eigenvalue weighted by molar-refractivity contribution is 0.0240. The van der Waals surface area contributed by atoms with Crippen LogP contribution >= 0.6 is 0 Å². The van der Waals surface area contributed by atoms with E-state index in [1.165, 1.54) is 23.9 Å². The molecular formula is C26H33FN8O5. The minimum Gasteiger partial charge on any atom is -0.494 e. The molecule has 0 unspecified atom stereocenters. The van der Waals surface area contributed by atoms with Gasteiger partial charge in [-0.1, -0.05) is 0 Å². The van der Waals surface area contributed by atoms with Crippen molar-refractivity contribution in [2.45, 2.75) is 39.8 Å². The number of nitrogen functional groups attached to an aromatic ring is 1. The SMILES string of the molecule is CCn1c(N)c(C(N)=O)c(=O)c2cnc(Nc3c(F)cc(N4CCN(C(=O)OC(C)(C)C)CC4)cc3OC)nc21. The van der Waals surface area contributed by atoms with E-state index < -0.39 is 22.8 Å². The van der Waals surface area contributed by atoms with E-state index in [2.05, 4.69) is 15.3 Å². The van der Waals surface area contributed by atoms with Gasteiger partial charge in [-0.15, -0.1) is 0 Å². The summed E-state index contributed by atoms with van der Waals surface area (Å²) in [5, 5.41) is 2.87. The molecule has 13 nitrogen and oxygen atoms in total. The Morgan fingerprint density at radius 3 is 2.42 bits per heavy atom. The fourth-order valence-corrected chi connectivity index (χ4v) is 4.48. The van der Waals surface area contributed by atoms with Crippen molar-refractivity contribution >= 4 is 46.2 Å². The molecule has 2 aromatic heterocycles. The number of hydrogen-bond donors (Lipinski definition) is 3. The number of nitrogens with two attached hydrogens (primary N) is 2. The summed E-state index contributed by atoms with van der Waals surface area (Å²) in [5.41, 5.74) is 10.5. The van der Waals surface area contributed by atoms with E-state index >= 15 is 4.39 Å². The van der Waals surface area contributed by atoms with E-state index in [1.54, 1.807) is 17.9 Å². The summed E-state index contributed by atoms with van der Waals surface area (Å²) in [7, 11) is 1.41. The average Bonchev–Trinajstić information content (AvgIpc) is 2.88. The monoisotopic (exact) mass is 556 g/mol. The van der Waals surface area contributed by atoms with Gasteiger partial charge < -0.3 is 40.6 Å². The molecular weight excluding hydrogens is 523 g/mol. The molecule has 2 amide bonds. The molecule has 0 saturated carbocycles. The van der Waals surface area contributed by atoms with Gasteiger partial charge in [-0.25, -0.2) is 14.2 Å². The van der Waals surface area contributed by atoms with Gasteiger partial charge in [0.25, 0.3) is 5.91 Å². The Labute approximate surface area is 229 Å². The molecule has 3 aromatic rings. The number of benzene rings is 1. The smallest absolute Gasteiger partial charge is 0.410 e. The molecule has 40 heavy (non-hydrogen) atoms. The number of amides is 2. The number of pyridine rings is 1. The maximum Gasteiger partial charge on any atom is 0.410 e. The van der Waals surface area contributed by atoms with E-state index in [0.29, 0.717) is 31.9 Å². The maximum absolute atomic E-state index is 15.4. The lowest BCUT2D eigenvalue weighted by Crippen LogP contribution is -2.50. The number of primary amides is 1. The van der Waals surface area contributed by atoms with Crippen molar-refractivity contribution in [2.75, 3.05) is 49.2 Å². The summed E-state index contributed by atoms with van der Waals surface area (Å²) in [6, 6.07) is 3.03. The van der Waals surface area contributed by atoms with Crippen LogP contribution in [0.3, 0.4) is 0 Å². The number of nitrogens with zero attached hydrogens (tertiary/aromatic N) is 5. The molecule has 1 saturated heterocycles. The highest BCUT2D eigenvalue weighted by Crippen LogP contribution is 2.35. The summed E-state index contributed by atoms with van der Waals surface area (Å²) < 4.78 is 27.8. The minimum absolute atomic E-state index is 0.00915. The van der Waals surface area contributed by atoms with Crippen LogP contribution in [-0.4, -0.2) is 70.3 Å². The Bertz CT molecular complexity index is 1530. The van der Waals surface area contributed by atoms with Gasteiger partial charge in [0.05, 0.1) is 12.5 Å². The van der Waals surface area contributed by atoms with Crippen LogP contribution in [-0.2, 0) is 11.3 Å². The second kappa shape index (κ2) is 10.9. The second-order valence-electron chi connectivity index (χ2n) is 10.2. The van der Waals surface area contributed by atoms with Crippen LogP contribution in [0.1, 0.15) is 38.1 Å². The summed E-state index contributed by atoms with van der Waals surface area (Å²) in [6.45, 7) is 9.28. The van der Waals surface area contributed by atoms with Crippen LogP contribution in [0.2, 0.25) is 0 Å². The fourth-order valence-electron chi connectivity index (χ4n) is 4.48. The van der Waals surface area contributed by atoms with Gasteiger partial charge in [-0.2, -0.15) is 4.98 Å². The van der Waals surface area contributed by atoms with Crippen LogP contribution in [0.4, 0.5) is 32.3 Å². The van der Waals surface area contributed by atoms with Gasteiger partial charge in [-0.05, 0) is 33.8 Å². The summed E-state index contributed by atoms with van der Waals surface area (Å²) in [5.74, 6) is -1.51. The van der Waals surface area contributed by atoms with Crippen LogP contribution in [0.5, 0.6) is 5.75 Å². The zero-order valence-corrected chi connectivity index (χ0v) is 23.1. The molecule has 14 heteroatoms. The number of halogens is 1. The van der Waals surface area contributed by atoms with Crippen LogP contribution in [0.25, 0.3) is 11.0 Å². The van der Waals surface area contributed by atoms with Gasteiger partial charge in [0.15, 0.2) is 11.5 Å². The molecule has 1 fully saturated rings. The lowest BCUT2D eigenvalue weighted by Gasteiger charge is -2.37. The molecule has 0 spiro atoms. The number of carbonyl (C=O) groups excluding carboxylic acids is 2. The average molecular weight is 557 g/mol. The number of ether oxygens (including phenoxy) is 2. The van der Waals surface area contributed by atoms with Crippen molar-refractivity contribution < 1.29 is 23.5 Å². The molecule has 4 rings (SSSR count). The zero-order chi connectivity index (χ0) is 29.4. The quantitative estimate of drug-likeness (QED) is 0.410. The number of carbonyl (C=O) groups is 2. The van der Waals surface area contributed by atoms with Gasteiger partial charge in [0.1, 0.15) is 28.4 Å². The Morgan fingerprint density at radius 1 is 1.18 bits per heavy atom. The van der Waals surface area contributed by atoms with Crippen LogP contribution in [0.15, 0.2) is 23.1 Å². The standard InChI is InChI=1S/C26H33FN8O5/c1-6-35-21(28)18(22(29)37)20(36)15-13-30-24(32-23(15)35)31-19-16(27)11-14(12-17(19)39-5)33-7-9-34(10-8-33)25(38)40-26(2,3)4/h11-13H,6-10,28H2,1-5H3,(H2,29,37)(H,30,31,32). The number of hydrogen-bond acceptors (Lipinski definition) is 10. The van der Waals surface area contributed by atoms with Crippen LogP contribution in [0, 0.1) is 5.82 Å². The highest BCUT2D eigenvalue weighted by molar-refractivity contribution is 6.00. The normalized spacial score (nSPS) is 13.8. The third-order valence-corrected chi connectivity index (χ3v) is 6.40. The number of rotatable bonds is 6. The van der Waals surface area contributed by atoms with Crippen molar-refractivity contribution in [3.8, 4) is 5.75 Å². The van der Waals surface area contributed by atoms with E-state index in [1.807, 2.05) is 25.7 Å². The summed E-state index contributed by atoms with van der Waals surface area (Å²) in [6.07, 6.45) is 0.848. The molecule has 3 heterocycles. The summed E-state index contributed by atoms with van der Waals surface area (Å²) >= 11 is 0. The Balaban J connectivity index is 1.60. The first-order chi connectivity index (χ1) is 18.8. The molecule has 0 atom stereocenters. The minimum atomic E-state index is -0.952. The Hall–Kier alpha value is -4.62. The molecule has 0 bridgehead atoms. The molecule has 214 valence electrons. The number of fused-ring (bicyclic) bond motifs is 1. The number of methoxy groups -OCH3 is 1. The maximum atomic E-state index is 15.4. The highest BCUT2D eigenvalue weighted by atomic mass is 19.1. The molecule has 1 aliphatic rings. The van der Waals surface area contributed by atoms with Gasteiger partial charge >= 0.3 is 6.09 Å². The van der Waals surface area contributed by atoms with Crippen molar-refractivity contribution in [3.63, 3.8) is 0 Å². The predicted molar refractivity (Wildman–Crippen MR) is 149 cm³/mol. The third-order valence-electron chi connectivity index (χ3n) is 6.40. The second-order valence-corrected chi connectivity index (χ2v) is 10.2. The van der Waals surface area contributed by atoms with Crippen molar-refractivity contribution in [1.82, 2.24) is 19.4 Å². The van der Waals surface area contributed by atoms with Crippen molar-refractivity contribution in [1.29, 1.82) is 0 Å². The van der Waals surface area contributed by atoms with E-state index in [9.17, 15) is 14.4 Å². The first-order valence-electron chi connectivity index (χ1n) is 12.7. The molecule has 5 N–H and O–H groups in total. The largest absolute Gasteiger partial charge is 0.494 e. The van der Waals surface area contributed by atoms with Crippen molar-refractivity contribution in [3.05, 3.63) is 39.9 Å². The lowest BCUT2D eigenvalue weighted by atomic mass is 10.1. The molecule has 1 aromatic carbocycles. The van der Waals surface area contributed by atoms with Gasteiger partial charge in [0.2, 0.25) is 11.4 Å². The molecule has 0 aliphatic carbocycles. The number of aryl methyl sites for hydroxylation is 1. The zero-order valence-electron chi connectivity index (χ0n) is 23.1. The van der Waals surface area contributed by atoms with E-state index in [-0.39, 0.29) is 52.4 Å². The van der Waals surface area contributed by atoms with E-state index in [4.69, 9.17) is 20.9 Å². The number of piperazine rings is 1. The Kier molecular flexibility index (Phi) is 7.71. The topological polar surface area (TPSA) is 171 Å². The third kappa shape index (κ3) is 5.55. The molecule has 1 aliphatic heterocycles. The number of anilines is 4. The summed E-state index contributed by atoms with van der Waals surface area (Å²) in [4.78, 5) is 49.0. The molecule has 0 radical (unpaired) electrons. The number of aromatic nitrogens is 3. The van der Waals surface area contributed by atoms with Gasteiger partial charge in [0, 0.05) is 50.7 Å². The number of nitrogens with one attached hydrogen (secondary N) is 1. The van der Waals surface area contributed by atoms with Crippen LogP contribution < -0.4 is 31.8 Å². The first kappa shape index (κ1) is 28.4. The first-order valence-corrected chi connectivity index (χ1v) is 12.7. The highest BCUT2D eigenvalue weighted by Gasteiger charge is 2.27.